The predicted octanol–water partition coefficient (Wildman–Crippen LogP) is 0.221. The number of pyridine rings is 1. The van der Waals surface area contributed by atoms with Crippen LogP contribution in [-0.2, 0) is 11.3 Å². The molecule has 2 aliphatic rings. The fourth-order valence-corrected chi connectivity index (χ4v) is 3.34. The van der Waals surface area contributed by atoms with Gasteiger partial charge in [-0.1, -0.05) is 13.3 Å². The number of ether oxygens (including phenoxy) is 2. The van der Waals surface area contributed by atoms with Crippen molar-refractivity contribution in [2.45, 2.75) is 51.9 Å². The number of carbonyl (C=O) groups is 2. The minimum Gasteiger partial charge on any atom is -0.487 e. The molecule has 1 aromatic heterocycles. The Kier molecular flexibility index (Phi) is 5.28. The number of hydrazine groups is 1. The highest BCUT2D eigenvalue weighted by molar-refractivity contribution is 5.99. The average Bonchev–Trinajstić information content (AvgIpc) is 2.63. The van der Waals surface area contributed by atoms with Gasteiger partial charge >= 0.3 is 0 Å². The first-order valence-electron chi connectivity index (χ1n) is 8.85. The van der Waals surface area contributed by atoms with E-state index in [1.54, 1.807) is 9.47 Å². The summed E-state index contributed by atoms with van der Waals surface area (Å²) in [4.78, 5) is 39.5. The van der Waals surface area contributed by atoms with E-state index in [4.69, 9.17) is 15.3 Å². The summed E-state index contributed by atoms with van der Waals surface area (Å²) >= 11 is 0. The Bertz CT molecular complexity index is 775. The number of hydrogen-bond acceptors (Lipinski definition) is 6. The number of nitrogens with zero attached hydrogens (tertiary/aromatic N) is 2. The number of nitrogens with two attached hydrogens (primary N) is 1. The van der Waals surface area contributed by atoms with Gasteiger partial charge in [0, 0.05) is 12.2 Å². The van der Waals surface area contributed by atoms with E-state index in [1.165, 1.54) is 6.20 Å². The van der Waals surface area contributed by atoms with E-state index in [1.807, 2.05) is 19.3 Å². The van der Waals surface area contributed by atoms with Crippen molar-refractivity contribution >= 4 is 11.8 Å². The van der Waals surface area contributed by atoms with Crippen LogP contribution in [0.25, 0.3) is 0 Å². The van der Waals surface area contributed by atoms with Crippen molar-refractivity contribution in [3.8, 4) is 5.75 Å². The SMILES string of the molecule is CCCCOc1c2n(cc(C(=O)NN)c1=O)C[C@@H]1OCC[C@@H](C)N1C2=O. The lowest BCUT2D eigenvalue weighted by molar-refractivity contribution is -0.112. The van der Waals surface area contributed by atoms with Crippen LogP contribution in [0.15, 0.2) is 11.0 Å². The zero-order valence-electron chi connectivity index (χ0n) is 15.0. The number of fused-ring (bicyclic) bond motifs is 2. The quantitative estimate of drug-likeness (QED) is 0.334. The molecule has 2 atom stereocenters. The summed E-state index contributed by atoms with van der Waals surface area (Å²) in [6, 6.07) is 0.000566. The van der Waals surface area contributed by atoms with Crippen LogP contribution in [0.4, 0.5) is 0 Å². The molecule has 142 valence electrons. The maximum Gasteiger partial charge on any atom is 0.276 e. The van der Waals surface area contributed by atoms with Crippen LogP contribution < -0.4 is 21.4 Å². The maximum atomic E-state index is 13.1. The van der Waals surface area contributed by atoms with Crippen LogP contribution >= 0.6 is 0 Å². The van der Waals surface area contributed by atoms with Gasteiger partial charge in [0.05, 0.1) is 19.8 Å². The molecule has 1 aromatic rings. The summed E-state index contributed by atoms with van der Waals surface area (Å²) in [5.41, 5.74) is 1.33. The molecule has 0 bridgehead atoms. The molecule has 26 heavy (non-hydrogen) atoms. The summed E-state index contributed by atoms with van der Waals surface area (Å²) in [7, 11) is 0. The third-order valence-electron chi connectivity index (χ3n) is 4.78. The topological polar surface area (TPSA) is 116 Å². The molecule has 2 aliphatic heterocycles. The lowest BCUT2D eigenvalue weighted by atomic mass is 10.1. The highest BCUT2D eigenvalue weighted by Gasteiger charge is 2.41. The van der Waals surface area contributed by atoms with Crippen LogP contribution in [0.3, 0.4) is 0 Å². The van der Waals surface area contributed by atoms with E-state index < -0.39 is 17.6 Å². The van der Waals surface area contributed by atoms with Gasteiger partial charge in [-0.15, -0.1) is 0 Å². The number of nitrogen functional groups attached to an aromatic ring is 1. The second-order valence-electron chi connectivity index (χ2n) is 6.55. The fourth-order valence-electron chi connectivity index (χ4n) is 3.34. The van der Waals surface area contributed by atoms with E-state index in [0.29, 0.717) is 13.2 Å². The molecule has 3 rings (SSSR count). The molecule has 0 aliphatic carbocycles. The van der Waals surface area contributed by atoms with Crippen molar-refractivity contribution in [2.24, 2.45) is 5.84 Å². The van der Waals surface area contributed by atoms with Gasteiger partial charge in [-0.3, -0.25) is 19.8 Å². The molecular weight excluding hydrogens is 340 g/mol. The zero-order valence-corrected chi connectivity index (χ0v) is 15.0. The van der Waals surface area contributed by atoms with E-state index >= 15 is 0 Å². The lowest BCUT2D eigenvalue weighted by Crippen LogP contribution is -2.57. The van der Waals surface area contributed by atoms with Gasteiger partial charge in [-0.2, -0.15) is 0 Å². The molecule has 1 saturated heterocycles. The predicted molar refractivity (Wildman–Crippen MR) is 92.7 cm³/mol. The van der Waals surface area contributed by atoms with E-state index in [9.17, 15) is 14.4 Å². The van der Waals surface area contributed by atoms with E-state index in [0.717, 1.165) is 19.3 Å². The van der Waals surface area contributed by atoms with Gasteiger partial charge in [0.1, 0.15) is 5.56 Å². The zero-order chi connectivity index (χ0) is 18.8. The number of aromatic nitrogens is 1. The first-order chi connectivity index (χ1) is 12.5. The van der Waals surface area contributed by atoms with Crippen molar-refractivity contribution in [1.82, 2.24) is 14.9 Å². The largest absolute Gasteiger partial charge is 0.487 e. The number of rotatable bonds is 5. The van der Waals surface area contributed by atoms with Gasteiger partial charge < -0.3 is 18.9 Å². The Morgan fingerprint density at radius 1 is 1.46 bits per heavy atom. The molecule has 0 saturated carbocycles. The monoisotopic (exact) mass is 364 g/mol. The summed E-state index contributed by atoms with van der Waals surface area (Å²) < 4.78 is 12.9. The third-order valence-corrected chi connectivity index (χ3v) is 4.78. The van der Waals surface area contributed by atoms with E-state index in [-0.39, 0.29) is 35.6 Å². The highest BCUT2D eigenvalue weighted by atomic mass is 16.5. The molecule has 0 unspecified atom stereocenters. The second-order valence-corrected chi connectivity index (χ2v) is 6.55. The van der Waals surface area contributed by atoms with Crippen LogP contribution in [-0.4, -0.2) is 46.8 Å². The van der Waals surface area contributed by atoms with Crippen molar-refractivity contribution in [3.05, 3.63) is 27.7 Å². The number of amides is 2. The summed E-state index contributed by atoms with van der Waals surface area (Å²) in [6.07, 6.45) is 3.25. The number of hydrogen-bond donors (Lipinski definition) is 2. The molecule has 0 spiro atoms. The summed E-state index contributed by atoms with van der Waals surface area (Å²) in [5, 5.41) is 0. The molecule has 0 radical (unpaired) electrons. The third kappa shape index (κ3) is 3.08. The van der Waals surface area contributed by atoms with Crippen LogP contribution in [0, 0.1) is 0 Å². The molecule has 1 fully saturated rings. The Hall–Kier alpha value is -2.39. The van der Waals surface area contributed by atoms with Gasteiger partial charge in [0.15, 0.2) is 17.7 Å². The molecule has 9 nitrogen and oxygen atoms in total. The van der Waals surface area contributed by atoms with Crippen LogP contribution in [0.5, 0.6) is 5.75 Å². The van der Waals surface area contributed by atoms with Gasteiger partial charge in [-0.25, -0.2) is 5.84 Å². The Balaban J connectivity index is 2.12. The van der Waals surface area contributed by atoms with Gasteiger partial charge in [0.2, 0.25) is 5.43 Å². The van der Waals surface area contributed by atoms with Crippen molar-refractivity contribution < 1.29 is 19.1 Å². The average molecular weight is 364 g/mol. The Morgan fingerprint density at radius 2 is 2.23 bits per heavy atom. The Morgan fingerprint density at radius 3 is 2.92 bits per heavy atom. The number of nitrogens with one attached hydrogen (secondary N) is 1. The van der Waals surface area contributed by atoms with Crippen LogP contribution in [0.1, 0.15) is 54.0 Å². The van der Waals surface area contributed by atoms with Crippen LogP contribution in [0.2, 0.25) is 0 Å². The first kappa shape index (κ1) is 18.4. The lowest BCUT2D eigenvalue weighted by Gasteiger charge is -2.44. The maximum absolute atomic E-state index is 13.1. The molecule has 9 heteroatoms. The summed E-state index contributed by atoms with van der Waals surface area (Å²) in [5.74, 6) is 4.04. The fraction of sp³-hybridized carbons (Fsp3) is 0.588. The molecule has 3 heterocycles. The Labute approximate surface area is 151 Å². The molecule has 3 N–H and O–H groups in total. The summed E-state index contributed by atoms with van der Waals surface area (Å²) in [6.45, 7) is 5.11. The molecule has 0 aromatic carbocycles. The van der Waals surface area contributed by atoms with Crippen molar-refractivity contribution in [3.63, 3.8) is 0 Å². The normalized spacial score (nSPS) is 21.8. The molecular formula is C17H24N4O5. The van der Waals surface area contributed by atoms with E-state index in [2.05, 4.69) is 0 Å². The van der Waals surface area contributed by atoms with Crippen molar-refractivity contribution in [1.29, 1.82) is 0 Å². The number of carbonyl (C=O) groups excluding carboxylic acids is 2. The van der Waals surface area contributed by atoms with Crippen molar-refractivity contribution in [2.75, 3.05) is 13.2 Å². The minimum atomic E-state index is -0.724. The second kappa shape index (κ2) is 7.46. The number of unbranched alkanes of at least 4 members (excludes halogenated alkanes) is 1. The minimum absolute atomic E-state index is 0.000566. The first-order valence-corrected chi connectivity index (χ1v) is 8.85. The van der Waals surface area contributed by atoms with Gasteiger partial charge in [-0.05, 0) is 19.8 Å². The standard InChI is InChI=1S/C17H24N4O5/c1-3-4-6-26-15-13-17(24)21-10(2)5-7-25-12(21)9-20(13)8-11(14(15)22)16(23)19-18/h8,10,12H,3-7,9,18H2,1-2H3,(H,19,23)/t10-,12+/m1/s1. The highest BCUT2D eigenvalue weighted by Crippen LogP contribution is 2.29. The molecule has 2 amide bonds. The van der Waals surface area contributed by atoms with Gasteiger partial charge in [0.25, 0.3) is 11.8 Å². The smallest absolute Gasteiger partial charge is 0.276 e.